The lowest BCUT2D eigenvalue weighted by molar-refractivity contribution is -0.128. The van der Waals surface area contributed by atoms with Gasteiger partial charge in [-0.2, -0.15) is 0 Å². The predicted octanol–water partition coefficient (Wildman–Crippen LogP) is 0.101. The van der Waals surface area contributed by atoms with Crippen LogP contribution in [0.3, 0.4) is 0 Å². The van der Waals surface area contributed by atoms with Gasteiger partial charge >= 0.3 is 0 Å². The van der Waals surface area contributed by atoms with Gasteiger partial charge in [0, 0.05) is 25.7 Å². The van der Waals surface area contributed by atoms with E-state index in [1.165, 1.54) is 0 Å². The van der Waals surface area contributed by atoms with Crippen molar-refractivity contribution in [3.8, 4) is 0 Å². The average molecular weight is 262 g/mol. The summed E-state index contributed by atoms with van der Waals surface area (Å²) in [5.74, 6) is 0.214. The Kier molecular flexibility index (Phi) is 4.01. The molecular formula is C13H18N4O2. The molecule has 1 aromatic rings. The molecular weight excluding hydrogens is 244 g/mol. The number of rotatable bonds is 4. The topological polar surface area (TPSA) is 90.9 Å². The zero-order valence-corrected chi connectivity index (χ0v) is 10.8. The quantitative estimate of drug-likeness (QED) is 0.311. The van der Waals surface area contributed by atoms with Gasteiger partial charge in [-0.3, -0.25) is 4.79 Å². The first-order chi connectivity index (χ1) is 9.11. The lowest BCUT2D eigenvalue weighted by atomic mass is 10.1. The summed E-state index contributed by atoms with van der Waals surface area (Å²) in [7, 11) is 1.81. The number of likely N-dealkylation sites (N-methyl/N-ethyl adjacent to an activating group) is 1. The van der Waals surface area contributed by atoms with Crippen LogP contribution in [0, 0.1) is 0 Å². The fourth-order valence-corrected chi connectivity index (χ4v) is 2.15. The van der Waals surface area contributed by atoms with Crippen molar-refractivity contribution in [2.24, 2.45) is 10.9 Å². The van der Waals surface area contributed by atoms with Crippen molar-refractivity contribution >= 4 is 11.7 Å². The lowest BCUT2D eigenvalue weighted by Gasteiger charge is -2.12. The van der Waals surface area contributed by atoms with Crippen LogP contribution in [0.2, 0.25) is 0 Å². The molecule has 0 aromatic heterocycles. The number of amides is 1. The number of oxime groups is 1. The van der Waals surface area contributed by atoms with Crippen LogP contribution in [0.4, 0.5) is 0 Å². The van der Waals surface area contributed by atoms with Crippen molar-refractivity contribution in [1.29, 1.82) is 0 Å². The van der Waals surface area contributed by atoms with Crippen molar-refractivity contribution in [3.63, 3.8) is 0 Å². The van der Waals surface area contributed by atoms with Crippen LogP contribution in [0.15, 0.2) is 29.4 Å². The number of benzene rings is 1. The van der Waals surface area contributed by atoms with Crippen LogP contribution in [-0.2, 0) is 11.3 Å². The molecule has 0 spiro atoms. The fourth-order valence-electron chi connectivity index (χ4n) is 2.15. The molecule has 0 bridgehead atoms. The molecule has 4 N–H and O–H groups in total. The largest absolute Gasteiger partial charge is 0.409 e. The smallest absolute Gasteiger partial charge is 0.239 e. The number of nitrogens with zero attached hydrogens (tertiary/aromatic N) is 2. The molecule has 1 aliphatic heterocycles. The monoisotopic (exact) mass is 262 g/mol. The Balaban J connectivity index is 1.98. The van der Waals surface area contributed by atoms with Gasteiger partial charge in [-0.25, -0.2) is 0 Å². The van der Waals surface area contributed by atoms with E-state index in [-0.39, 0.29) is 17.8 Å². The Morgan fingerprint density at radius 2 is 2.42 bits per heavy atom. The minimum Gasteiger partial charge on any atom is -0.409 e. The van der Waals surface area contributed by atoms with Gasteiger partial charge in [0.25, 0.3) is 0 Å². The molecule has 102 valence electrons. The number of likely N-dealkylation sites (tertiary alicyclic amines) is 1. The molecule has 1 unspecified atom stereocenters. The third-order valence-corrected chi connectivity index (χ3v) is 3.31. The highest BCUT2D eigenvalue weighted by atomic mass is 16.4. The molecule has 1 aromatic carbocycles. The third kappa shape index (κ3) is 3.03. The van der Waals surface area contributed by atoms with Crippen LogP contribution in [0.1, 0.15) is 17.5 Å². The van der Waals surface area contributed by atoms with E-state index in [9.17, 15) is 4.79 Å². The number of amidine groups is 1. The van der Waals surface area contributed by atoms with Gasteiger partial charge in [-0.1, -0.05) is 23.4 Å². The summed E-state index contributed by atoms with van der Waals surface area (Å²) in [6, 6.07) is 7.27. The van der Waals surface area contributed by atoms with Crippen LogP contribution in [0.25, 0.3) is 0 Å². The van der Waals surface area contributed by atoms with E-state index in [1.807, 2.05) is 25.2 Å². The summed E-state index contributed by atoms with van der Waals surface area (Å²) in [4.78, 5) is 13.5. The zero-order valence-electron chi connectivity index (χ0n) is 10.8. The molecule has 0 aliphatic carbocycles. The van der Waals surface area contributed by atoms with Crippen molar-refractivity contribution in [3.05, 3.63) is 35.4 Å². The van der Waals surface area contributed by atoms with Gasteiger partial charge in [-0.05, 0) is 18.1 Å². The molecule has 1 atom stereocenters. The van der Waals surface area contributed by atoms with Gasteiger partial charge in [0.15, 0.2) is 5.84 Å². The maximum atomic E-state index is 11.7. The molecule has 0 saturated carbocycles. The van der Waals surface area contributed by atoms with E-state index < -0.39 is 0 Å². The predicted molar refractivity (Wildman–Crippen MR) is 71.8 cm³/mol. The van der Waals surface area contributed by atoms with Gasteiger partial charge in [-0.15, -0.1) is 0 Å². The first kappa shape index (κ1) is 13.4. The number of carbonyl (C=O) groups excluding carboxylic acids is 1. The molecule has 1 heterocycles. The normalized spacial score (nSPS) is 20.1. The Bertz CT molecular complexity index is 501. The number of hydrogen-bond donors (Lipinski definition) is 3. The Labute approximate surface area is 111 Å². The van der Waals surface area contributed by atoms with Crippen LogP contribution in [0.5, 0.6) is 0 Å². The molecule has 1 saturated heterocycles. The summed E-state index contributed by atoms with van der Waals surface area (Å²) < 4.78 is 0. The van der Waals surface area contributed by atoms with Gasteiger partial charge < -0.3 is 21.2 Å². The molecule has 1 fully saturated rings. The maximum Gasteiger partial charge on any atom is 0.239 e. The van der Waals surface area contributed by atoms with Crippen molar-refractivity contribution in [2.75, 3.05) is 13.6 Å². The summed E-state index contributed by atoms with van der Waals surface area (Å²) in [5, 5.41) is 14.8. The number of hydrogen-bond acceptors (Lipinski definition) is 4. The molecule has 6 heteroatoms. The molecule has 19 heavy (non-hydrogen) atoms. The van der Waals surface area contributed by atoms with Crippen molar-refractivity contribution in [1.82, 2.24) is 10.2 Å². The standard InChI is InChI=1S/C13H18N4O2/c1-17-6-5-11(13(17)18)15-8-9-3-2-4-10(7-9)12(14)16-19/h2-4,7,11,15,19H,5-6,8H2,1H3,(H2,14,16). The van der Waals surface area contributed by atoms with Crippen LogP contribution in [-0.4, -0.2) is 41.5 Å². The highest BCUT2D eigenvalue weighted by Gasteiger charge is 2.28. The molecule has 6 nitrogen and oxygen atoms in total. The molecule has 1 aliphatic rings. The minimum absolute atomic E-state index is 0.0820. The molecule has 0 radical (unpaired) electrons. The summed E-state index contributed by atoms with van der Waals surface area (Å²) in [5.41, 5.74) is 7.20. The number of nitrogens with two attached hydrogens (primary N) is 1. The number of carbonyl (C=O) groups is 1. The van der Waals surface area contributed by atoms with E-state index in [2.05, 4.69) is 10.5 Å². The summed E-state index contributed by atoms with van der Waals surface area (Å²) >= 11 is 0. The lowest BCUT2D eigenvalue weighted by Crippen LogP contribution is -2.36. The summed E-state index contributed by atoms with van der Waals surface area (Å²) in [6.45, 7) is 1.37. The van der Waals surface area contributed by atoms with Crippen molar-refractivity contribution < 1.29 is 10.0 Å². The number of nitrogens with one attached hydrogen (secondary N) is 1. The highest BCUT2D eigenvalue weighted by Crippen LogP contribution is 2.10. The van der Waals surface area contributed by atoms with Crippen molar-refractivity contribution in [2.45, 2.75) is 19.0 Å². The average Bonchev–Trinajstić information content (AvgIpc) is 2.76. The molecule has 1 amide bonds. The second-order valence-corrected chi connectivity index (χ2v) is 4.67. The van der Waals surface area contributed by atoms with Crippen LogP contribution < -0.4 is 11.1 Å². The maximum absolute atomic E-state index is 11.7. The third-order valence-electron chi connectivity index (χ3n) is 3.31. The Morgan fingerprint density at radius 3 is 3.05 bits per heavy atom. The fraction of sp³-hybridized carbons (Fsp3) is 0.385. The van der Waals surface area contributed by atoms with Crippen LogP contribution >= 0.6 is 0 Å². The first-order valence-corrected chi connectivity index (χ1v) is 6.17. The highest BCUT2D eigenvalue weighted by molar-refractivity contribution is 5.97. The second kappa shape index (κ2) is 5.71. The van der Waals surface area contributed by atoms with E-state index >= 15 is 0 Å². The Morgan fingerprint density at radius 1 is 1.63 bits per heavy atom. The van der Waals surface area contributed by atoms with Gasteiger partial charge in [0.05, 0.1) is 6.04 Å². The minimum atomic E-state index is -0.113. The van der Waals surface area contributed by atoms with E-state index in [0.717, 1.165) is 18.5 Å². The Hall–Kier alpha value is -2.08. The zero-order chi connectivity index (χ0) is 13.8. The summed E-state index contributed by atoms with van der Waals surface area (Å²) in [6.07, 6.45) is 0.829. The first-order valence-electron chi connectivity index (χ1n) is 6.17. The van der Waals surface area contributed by atoms with Gasteiger partial charge in [0.1, 0.15) is 0 Å². The SMILES string of the molecule is CN1CCC(NCc2cccc(/C(N)=N/O)c2)C1=O. The van der Waals surface area contributed by atoms with Gasteiger partial charge in [0.2, 0.25) is 5.91 Å². The van der Waals surface area contributed by atoms with E-state index in [1.54, 1.807) is 11.0 Å². The second-order valence-electron chi connectivity index (χ2n) is 4.67. The van der Waals surface area contributed by atoms with E-state index in [4.69, 9.17) is 10.9 Å². The van der Waals surface area contributed by atoms with E-state index in [0.29, 0.717) is 12.1 Å². The molecule has 2 rings (SSSR count).